The van der Waals surface area contributed by atoms with Crippen molar-refractivity contribution < 1.29 is 22.7 Å². The first kappa shape index (κ1) is 22.0. The van der Waals surface area contributed by atoms with Gasteiger partial charge in [0.25, 0.3) is 0 Å². The minimum absolute atomic E-state index is 0.0365. The second-order valence-electron chi connectivity index (χ2n) is 9.94. The maximum Gasteiger partial charge on any atom is 0.416 e. The van der Waals surface area contributed by atoms with Crippen molar-refractivity contribution in [3.63, 3.8) is 0 Å². The van der Waals surface area contributed by atoms with Crippen molar-refractivity contribution in [1.29, 1.82) is 0 Å². The van der Waals surface area contributed by atoms with E-state index in [0.29, 0.717) is 30.6 Å². The third kappa shape index (κ3) is 3.67. The highest BCUT2D eigenvalue weighted by molar-refractivity contribution is 5.88. The number of amides is 1. The highest BCUT2D eigenvalue weighted by Gasteiger charge is 2.60. The number of benzene rings is 1. The predicted molar refractivity (Wildman–Crippen MR) is 116 cm³/mol. The molecule has 1 aromatic carbocycles. The molecule has 1 aliphatic carbocycles. The van der Waals surface area contributed by atoms with Gasteiger partial charge in [0.2, 0.25) is 5.91 Å². The molecular weight excluding hydrogens is 417 g/mol. The lowest BCUT2D eigenvalue weighted by molar-refractivity contribution is -0.138. The summed E-state index contributed by atoms with van der Waals surface area (Å²) in [6, 6.07) is 6.54. The Morgan fingerprint density at radius 2 is 1.88 bits per heavy atom. The summed E-state index contributed by atoms with van der Waals surface area (Å²) in [6.07, 6.45) is 2.60. The number of hydrogen-bond acceptors (Lipinski definition) is 3. The second-order valence-corrected chi connectivity index (χ2v) is 9.94. The van der Waals surface area contributed by atoms with E-state index in [2.05, 4.69) is 12.2 Å². The highest BCUT2D eigenvalue weighted by atomic mass is 19.4. The molecule has 0 radical (unpaired) electrons. The molecule has 4 aliphatic rings. The zero-order chi connectivity index (χ0) is 22.5. The first-order valence-corrected chi connectivity index (χ1v) is 11.8. The first-order chi connectivity index (χ1) is 15.3. The van der Waals surface area contributed by atoms with Gasteiger partial charge in [-0.1, -0.05) is 31.2 Å². The molecule has 1 saturated carbocycles. The van der Waals surface area contributed by atoms with Gasteiger partial charge in [-0.2, -0.15) is 13.2 Å². The Labute approximate surface area is 187 Å². The Morgan fingerprint density at radius 1 is 1.12 bits per heavy atom. The molecule has 7 heteroatoms. The van der Waals surface area contributed by atoms with Crippen LogP contribution in [0.3, 0.4) is 0 Å². The fraction of sp³-hybridized carbons (Fsp3) is 0.640. The molecule has 4 nitrogen and oxygen atoms in total. The van der Waals surface area contributed by atoms with Crippen LogP contribution in [-0.2, 0) is 15.7 Å². The topological polar surface area (TPSA) is 41.6 Å². The summed E-state index contributed by atoms with van der Waals surface area (Å²) in [6.45, 7) is 4.11. The van der Waals surface area contributed by atoms with Crippen molar-refractivity contribution in [1.82, 2.24) is 10.2 Å². The SMILES string of the molecule is CC1C2CC(c3ccccc3C(F)(F)F)=CCN2C(=O)[C@]12CCC(NC1CCOCC1)C2. The lowest BCUT2D eigenvalue weighted by Crippen LogP contribution is -2.42. The largest absolute Gasteiger partial charge is 0.416 e. The standard InChI is InChI=1S/C25H31F3N2O2/c1-16-22-14-17(20-4-2-3-5-21(20)25(26,27)28)7-11-30(22)23(31)24(16)10-6-19(15-24)29-18-8-12-32-13-9-18/h2-5,7,16,18-19,22,29H,6,8-15H2,1H3/t16?,19?,22?,24-/m0/s1. The molecule has 3 heterocycles. The summed E-state index contributed by atoms with van der Waals surface area (Å²) in [7, 11) is 0. The number of carbonyl (C=O) groups is 1. The number of alkyl halides is 3. The van der Waals surface area contributed by atoms with Crippen molar-refractivity contribution in [2.75, 3.05) is 19.8 Å². The Kier molecular flexibility index (Phi) is 5.61. The van der Waals surface area contributed by atoms with Gasteiger partial charge in [-0.15, -0.1) is 0 Å². The minimum atomic E-state index is -4.39. The number of fused-ring (bicyclic) bond motifs is 1. The van der Waals surface area contributed by atoms with E-state index in [9.17, 15) is 18.0 Å². The molecule has 5 rings (SSSR count). The normalized spacial score (nSPS) is 33.6. The van der Waals surface area contributed by atoms with Crippen LogP contribution in [0.2, 0.25) is 0 Å². The number of rotatable bonds is 3. The van der Waals surface area contributed by atoms with Gasteiger partial charge in [-0.25, -0.2) is 0 Å². The summed E-state index contributed by atoms with van der Waals surface area (Å²) in [4.78, 5) is 15.5. The molecule has 32 heavy (non-hydrogen) atoms. The van der Waals surface area contributed by atoms with Gasteiger partial charge in [-0.05, 0) is 61.6 Å². The zero-order valence-corrected chi connectivity index (χ0v) is 18.5. The van der Waals surface area contributed by atoms with E-state index >= 15 is 0 Å². The van der Waals surface area contributed by atoms with E-state index in [-0.39, 0.29) is 28.8 Å². The summed E-state index contributed by atoms with van der Waals surface area (Å²) in [5.41, 5.74) is -0.00942. The molecule has 1 amide bonds. The summed E-state index contributed by atoms with van der Waals surface area (Å²) >= 11 is 0. The maximum absolute atomic E-state index is 13.6. The molecule has 1 spiro atoms. The molecule has 2 saturated heterocycles. The monoisotopic (exact) mass is 448 g/mol. The zero-order valence-electron chi connectivity index (χ0n) is 18.5. The van der Waals surface area contributed by atoms with Crippen molar-refractivity contribution in [3.05, 3.63) is 41.5 Å². The van der Waals surface area contributed by atoms with Crippen LogP contribution in [0.15, 0.2) is 30.3 Å². The average molecular weight is 449 g/mol. The molecular formula is C25H31F3N2O2. The van der Waals surface area contributed by atoms with Gasteiger partial charge in [0, 0.05) is 37.9 Å². The average Bonchev–Trinajstić information content (AvgIpc) is 3.30. The predicted octanol–water partition coefficient (Wildman–Crippen LogP) is 4.65. The van der Waals surface area contributed by atoms with E-state index in [1.54, 1.807) is 12.1 Å². The number of ether oxygens (including phenoxy) is 1. The van der Waals surface area contributed by atoms with Gasteiger partial charge >= 0.3 is 6.18 Å². The number of hydrogen-bond donors (Lipinski definition) is 1. The van der Waals surface area contributed by atoms with Crippen LogP contribution in [0.1, 0.15) is 56.6 Å². The van der Waals surface area contributed by atoms with Gasteiger partial charge in [-0.3, -0.25) is 4.79 Å². The van der Waals surface area contributed by atoms with E-state index in [0.717, 1.165) is 51.4 Å². The van der Waals surface area contributed by atoms with Crippen LogP contribution in [-0.4, -0.2) is 48.7 Å². The van der Waals surface area contributed by atoms with E-state index < -0.39 is 11.7 Å². The number of nitrogens with one attached hydrogen (secondary N) is 1. The molecule has 1 N–H and O–H groups in total. The molecule has 0 bridgehead atoms. The molecule has 3 fully saturated rings. The van der Waals surface area contributed by atoms with Crippen LogP contribution < -0.4 is 5.32 Å². The van der Waals surface area contributed by atoms with Crippen molar-refractivity contribution in [2.45, 2.75) is 69.8 Å². The lowest BCUT2D eigenvalue weighted by atomic mass is 9.73. The van der Waals surface area contributed by atoms with Crippen molar-refractivity contribution >= 4 is 11.5 Å². The first-order valence-electron chi connectivity index (χ1n) is 11.8. The molecule has 174 valence electrons. The Hall–Kier alpha value is -1.86. The van der Waals surface area contributed by atoms with Crippen LogP contribution in [0.25, 0.3) is 5.57 Å². The number of carbonyl (C=O) groups excluding carboxylic acids is 1. The van der Waals surface area contributed by atoms with E-state index in [4.69, 9.17) is 4.74 Å². The summed E-state index contributed by atoms with van der Waals surface area (Å²) in [5.74, 6) is 0.323. The summed E-state index contributed by atoms with van der Waals surface area (Å²) in [5, 5.41) is 3.76. The summed E-state index contributed by atoms with van der Waals surface area (Å²) < 4.78 is 46.2. The van der Waals surface area contributed by atoms with Crippen molar-refractivity contribution in [2.24, 2.45) is 11.3 Å². The Morgan fingerprint density at radius 3 is 2.62 bits per heavy atom. The number of halogens is 3. The quantitative estimate of drug-likeness (QED) is 0.732. The van der Waals surface area contributed by atoms with Crippen LogP contribution in [0.5, 0.6) is 0 Å². The van der Waals surface area contributed by atoms with Crippen LogP contribution >= 0.6 is 0 Å². The molecule has 0 aromatic heterocycles. The van der Waals surface area contributed by atoms with E-state index in [1.165, 1.54) is 6.07 Å². The molecule has 3 unspecified atom stereocenters. The van der Waals surface area contributed by atoms with Gasteiger partial charge in [0.05, 0.1) is 11.0 Å². The Bertz CT molecular complexity index is 909. The van der Waals surface area contributed by atoms with Gasteiger partial charge in [0.15, 0.2) is 0 Å². The van der Waals surface area contributed by atoms with Crippen LogP contribution in [0.4, 0.5) is 13.2 Å². The highest BCUT2D eigenvalue weighted by Crippen LogP contribution is 2.55. The lowest BCUT2D eigenvalue weighted by Gasteiger charge is -2.32. The third-order valence-corrected chi connectivity index (χ3v) is 8.32. The van der Waals surface area contributed by atoms with Gasteiger partial charge in [0.1, 0.15) is 0 Å². The molecule has 1 aromatic rings. The second kappa shape index (κ2) is 8.17. The third-order valence-electron chi connectivity index (χ3n) is 8.32. The molecule has 3 aliphatic heterocycles. The maximum atomic E-state index is 13.6. The number of nitrogens with zero attached hydrogens (tertiary/aromatic N) is 1. The van der Waals surface area contributed by atoms with Gasteiger partial charge < -0.3 is 15.0 Å². The minimum Gasteiger partial charge on any atom is -0.381 e. The molecule has 4 atom stereocenters. The van der Waals surface area contributed by atoms with Crippen molar-refractivity contribution in [3.8, 4) is 0 Å². The smallest absolute Gasteiger partial charge is 0.381 e. The van der Waals surface area contributed by atoms with E-state index in [1.807, 2.05) is 11.0 Å². The van der Waals surface area contributed by atoms with Crippen LogP contribution in [0, 0.1) is 11.3 Å². The fourth-order valence-electron chi connectivity index (χ4n) is 6.55. The Balaban J connectivity index is 1.33. The fourth-order valence-corrected chi connectivity index (χ4v) is 6.55.